The van der Waals surface area contributed by atoms with Crippen molar-refractivity contribution in [3.8, 4) is 0 Å². The van der Waals surface area contributed by atoms with Crippen molar-refractivity contribution in [3.63, 3.8) is 0 Å². The van der Waals surface area contributed by atoms with Gasteiger partial charge in [-0.3, -0.25) is 14.5 Å². The van der Waals surface area contributed by atoms with E-state index >= 15 is 0 Å². The Hall–Kier alpha value is -1.62. The maximum atomic E-state index is 12.2. The number of carbonyl (C=O) groups is 1. The Morgan fingerprint density at radius 3 is 2.57 bits per heavy atom. The Balaban J connectivity index is 1.77. The zero-order valence-electron chi connectivity index (χ0n) is 13.0. The maximum Gasteiger partial charge on any atom is 0.247 e. The fourth-order valence-corrected chi connectivity index (χ4v) is 2.68. The largest absolute Gasteiger partial charge is 0.340 e. The van der Waals surface area contributed by atoms with E-state index in [9.17, 15) is 9.59 Å². The lowest BCUT2D eigenvalue weighted by Crippen LogP contribution is -2.51. The van der Waals surface area contributed by atoms with E-state index < -0.39 is 0 Å². The minimum Gasteiger partial charge on any atom is -0.340 e. The zero-order chi connectivity index (χ0) is 15.2. The molecule has 1 saturated heterocycles. The molecule has 1 aromatic heterocycles. The normalized spacial score (nSPS) is 17.7. The molecule has 1 atom stereocenters. The average Bonchev–Trinajstić information content (AvgIpc) is 2.53. The number of aryl methyl sites for hydroxylation is 1. The van der Waals surface area contributed by atoms with Crippen LogP contribution in [-0.2, 0) is 11.2 Å². The fraction of sp³-hybridized carbons (Fsp3) is 0.625. The Kier molecular flexibility index (Phi) is 5.56. The topological polar surface area (TPSA) is 56.4 Å². The third-order valence-electron chi connectivity index (χ3n) is 4.36. The van der Waals surface area contributed by atoms with Gasteiger partial charge in [0.25, 0.3) is 0 Å². The lowest BCUT2D eigenvalue weighted by atomic mass is 10.1. The highest BCUT2D eigenvalue weighted by molar-refractivity contribution is 5.76. The van der Waals surface area contributed by atoms with E-state index in [1.807, 2.05) is 4.90 Å². The third-order valence-corrected chi connectivity index (χ3v) is 4.36. The van der Waals surface area contributed by atoms with Gasteiger partial charge in [-0.05, 0) is 25.3 Å². The monoisotopic (exact) mass is 291 g/mol. The number of piperazine rings is 1. The van der Waals surface area contributed by atoms with E-state index in [1.165, 1.54) is 6.07 Å². The number of hydrogen-bond acceptors (Lipinski definition) is 3. The highest BCUT2D eigenvalue weighted by Crippen LogP contribution is 2.10. The molecule has 2 heterocycles. The van der Waals surface area contributed by atoms with Gasteiger partial charge in [-0.25, -0.2) is 0 Å². The fourth-order valence-electron chi connectivity index (χ4n) is 2.68. The highest BCUT2D eigenvalue weighted by atomic mass is 16.2. The second-order valence-corrected chi connectivity index (χ2v) is 5.74. The van der Waals surface area contributed by atoms with Gasteiger partial charge in [0.15, 0.2) is 0 Å². The minimum absolute atomic E-state index is 0.105. The highest BCUT2D eigenvalue weighted by Gasteiger charge is 2.22. The van der Waals surface area contributed by atoms with Gasteiger partial charge >= 0.3 is 0 Å². The second kappa shape index (κ2) is 7.41. The molecule has 1 N–H and O–H groups in total. The summed E-state index contributed by atoms with van der Waals surface area (Å²) >= 11 is 0. The molecular formula is C16H25N3O2. The number of nitrogens with one attached hydrogen (secondary N) is 1. The number of nitrogens with zero attached hydrogens (tertiary/aromatic N) is 2. The van der Waals surface area contributed by atoms with Gasteiger partial charge in [-0.2, -0.15) is 0 Å². The molecule has 1 aromatic rings. The number of amides is 1. The van der Waals surface area contributed by atoms with Gasteiger partial charge < -0.3 is 9.88 Å². The predicted molar refractivity (Wildman–Crippen MR) is 83.3 cm³/mol. The average molecular weight is 291 g/mol. The van der Waals surface area contributed by atoms with Gasteiger partial charge in [0, 0.05) is 50.9 Å². The first-order chi connectivity index (χ1) is 10.1. The van der Waals surface area contributed by atoms with Crippen molar-refractivity contribution in [3.05, 3.63) is 34.2 Å². The van der Waals surface area contributed by atoms with E-state index in [-0.39, 0.29) is 11.5 Å². The molecule has 5 heteroatoms. The first-order valence-corrected chi connectivity index (χ1v) is 7.79. The van der Waals surface area contributed by atoms with Gasteiger partial charge in [0.05, 0.1) is 0 Å². The maximum absolute atomic E-state index is 12.2. The number of carbonyl (C=O) groups excluding carboxylic acids is 1. The van der Waals surface area contributed by atoms with E-state index in [1.54, 1.807) is 12.3 Å². The van der Waals surface area contributed by atoms with E-state index in [4.69, 9.17) is 0 Å². The summed E-state index contributed by atoms with van der Waals surface area (Å²) in [6, 6.07) is 3.89. The van der Waals surface area contributed by atoms with Crippen LogP contribution >= 0.6 is 0 Å². The standard InChI is InChI=1S/C16H25N3O2/c1-3-13(2)18-8-10-19(11-9-18)16(21)7-5-14-4-6-15(20)17-12-14/h4,6,12-13H,3,5,7-11H2,1-2H3,(H,17,20). The molecule has 0 saturated carbocycles. The van der Waals surface area contributed by atoms with E-state index in [2.05, 4.69) is 23.7 Å². The molecule has 2 rings (SSSR count). The van der Waals surface area contributed by atoms with Gasteiger partial charge in [0.2, 0.25) is 11.5 Å². The van der Waals surface area contributed by atoms with Crippen molar-refractivity contribution >= 4 is 5.91 Å². The van der Waals surface area contributed by atoms with Crippen molar-refractivity contribution in [1.82, 2.24) is 14.8 Å². The molecule has 0 radical (unpaired) electrons. The van der Waals surface area contributed by atoms with E-state index in [0.717, 1.165) is 38.2 Å². The van der Waals surface area contributed by atoms with Crippen molar-refractivity contribution < 1.29 is 4.79 Å². The summed E-state index contributed by atoms with van der Waals surface area (Å²) in [5.41, 5.74) is 0.896. The number of aromatic amines is 1. The smallest absolute Gasteiger partial charge is 0.247 e. The molecule has 0 bridgehead atoms. The summed E-state index contributed by atoms with van der Waals surface area (Å²) in [7, 11) is 0. The molecule has 1 unspecified atom stereocenters. The third kappa shape index (κ3) is 4.43. The van der Waals surface area contributed by atoms with Gasteiger partial charge in [-0.1, -0.05) is 13.0 Å². The van der Waals surface area contributed by atoms with Crippen LogP contribution in [0, 0.1) is 0 Å². The summed E-state index contributed by atoms with van der Waals surface area (Å²) < 4.78 is 0. The van der Waals surface area contributed by atoms with E-state index in [0.29, 0.717) is 18.9 Å². The Labute approximate surface area is 126 Å². The van der Waals surface area contributed by atoms with Crippen molar-refractivity contribution in [2.24, 2.45) is 0 Å². The van der Waals surface area contributed by atoms with Crippen LogP contribution in [0.4, 0.5) is 0 Å². The molecule has 116 valence electrons. The van der Waals surface area contributed by atoms with Crippen LogP contribution in [-0.4, -0.2) is 52.9 Å². The number of rotatable bonds is 5. The van der Waals surface area contributed by atoms with Crippen LogP contribution in [0.1, 0.15) is 32.3 Å². The van der Waals surface area contributed by atoms with Crippen molar-refractivity contribution in [2.75, 3.05) is 26.2 Å². The minimum atomic E-state index is -0.105. The Bertz CT molecular complexity index is 498. The van der Waals surface area contributed by atoms with Gasteiger partial charge in [0.1, 0.15) is 0 Å². The molecule has 21 heavy (non-hydrogen) atoms. The first kappa shape index (κ1) is 15.8. The number of aromatic nitrogens is 1. The number of H-pyrrole nitrogens is 1. The summed E-state index contributed by atoms with van der Waals surface area (Å²) in [6.45, 7) is 8.04. The Morgan fingerprint density at radius 1 is 1.29 bits per heavy atom. The quantitative estimate of drug-likeness (QED) is 0.888. The summed E-state index contributed by atoms with van der Waals surface area (Å²) in [4.78, 5) is 30.3. The lowest BCUT2D eigenvalue weighted by molar-refractivity contribution is -0.133. The molecular weight excluding hydrogens is 266 g/mol. The molecule has 0 spiro atoms. The molecule has 0 aromatic carbocycles. The number of pyridine rings is 1. The summed E-state index contributed by atoms with van der Waals surface area (Å²) in [5.74, 6) is 0.213. The van der Waals surface area contributed by atoms with Gasteiger partial charge in [-0.15, -0.1) is 0 Å². The summed E-state index contributed by atoms with van der Waals surface area (Å²) in [5, 5.41) is 0. The zero-order valence-corrected chi connectivity index (χ0v) is 13.0. The molecule has 1 fully saturated rings. The Morgan fingerprint density at radius 2 is 2.00 bits per heavy atom. The summed E-state index contributed by atoms with van der Waals surface area (Å²) in [6.07, 6.45) is 4.03. The SMILES string of the molecule is CCC(C)N1CCN(C(=O)CCc2ccc(=O)[nH]c2)CC1. The van der Waals surface area contributed by atoms with Crippen molar-refractivity contribution in [2.45, 2.75) is 39.2 Å². The molecule has 1 amide bonds. The molecule has 5 nitrogen and oxygen atoms in total. The molecule has 1 aliphatic heterocycles. The first-order valence-electron chi connectivity index (χ1n) is 7.79. The second-order valence-electron chi connectivity index (χ2n) is 5.74. The van der Waals surface area contributed by atoms with Crippen LogP contribution in [0.2, 0.25) is 0 Å². The predicted octanol–water partition coefficient (Wildman–Crippen LogP) is 1.25. The van der Waals surface area contributed by atoms with Crippen LogP contribution in [0.15, 0.2) is 23.1 Å². The van der Waals surface area contributed by atoms with Crippen LogP contribution in [0.5, 0.6) is 0 Å². The van der Waals surface area contributed by atoms with Crippen LogP contribution in [0.25, 0.3) is 0 Å². The molecule has 1 aliphatic rings. The van der Waals surface area contributed by atoms with Crippen molar-refractivity contribution in [1.29, 1.82) is 0 Å². The van der Waals surface area contributed by atoms with Crippen LogP contribution < -0.4 is 5.56 Å². The van der Waals surface area contributed by atoms with Crippen LogP contribution in [0.3, 0.4) is 0 Å². The number of hydrogen-bond donors (Lipinski definition) is 1. The lowest BCUT2D eigenvalue weighted by Gasteiger charge is -2.37. The molecule has 0 aliphatic carbocycles.